The molecule has 0 bridgehead atoms. The van der Waals surface area contributed by atoms with Crippen LogP contribution in [0.2, 0.25) is 0 Å². The van der Waals surface area contributed by atoms with Gasteiger partial charge in [-0.2, -0.15) is 4.31 Å². The van der Waals surface area contributed by atoms with Crippen molar-refractivity contribution in [3.8, 4) is 5.75 Å². The summed E-state index contributed by atoms with van der Waals surface area (Å²) in [6.45, 7) is 4.15. The molecular weight excluding hydrogens is 456 g/mol. The molecule has 9 nitrogen and oxygen atoms in total. The average molecular weight is 485 g/mol. The van der Waals surface area contributed by atoms with Crippen LogP contribution in [0.5, 0.6) is 5.75 Å². The van der Waals surface area contributed by atoms with Crippen LogP contribution in [0.1, 0.15) is 19.4 Å². The number of anilines is 1. The van der Waals surface area contributed by atoms with Gasteiger partial charge in [-0.15, -0.1) is 0 Å². The third kappa shape index (κ3) is 4.64. The molecule has 180 valence electrons. The van der Waals surface area contributed by atoms with Crippen LogP contribution in [0.4, 0.5) is 5.69 Å². The van der Waals surface area contributed by atoms with Gasteiger partial charge in [0, 0.05) is 36.7 Å². The predicted octanol–water partition coefficient (Wildman–Crippen LogP) is 2.28. The molecule has 0 fully saturated rings. The predicted molar refractivity (Wildman–Crippen MR) is 129 cm³/mol. The van der Waals surface area contributed by atoms with Gasteiger partial charge in [-0.3, -0.25) is 14.5 Å². The molecule has 0 saturated carbocycles. The van der Waals surface area contributed by atoms with Crippen LogP contribution in [-0.2, 0) is 26.0 Å². The summed E-state index contributed by atoms with van der Waals surface area (Å²) in [7, 11) is -3.73. The van der Waals surface area contributed by atoms with Gasteiger partial charge in [0.2, 0.25) is 15.9 Å². The van der Waals surface area contributed by atoms with Gasteiger partial charge in [-0.05, 0) is 36.2 Å². The standard InChI is InChI=1S/C24H28N4O5S/c1-3-27(4-2)34(31,32)18-9-10-22-21(13-18)28(24(30)16-33-22)15-23(29)25-12-11-17-14-26-20-8-6-5-7-19(17)20/h5-10,13-14,26H,3-4,11-12,15-16H2,1-2H3,(H,25,29). The molecule has 10 heteroatoms. The summed E-state index contributed by atoms with van der Waals surface area (Å²) in [5, 5.41) is 3.96. The zero-order valence-corrected chi connectivity index (χ0v) is 20.0. The Morgan fingerprint density at radius 3 is 2.71 bits per heavy atom. The van der Waals surface area contributed by atoms with Crippen LogP contribution >= 0.6 is 0 Å². The molecule has 0 aliphatic carbocycles. The number of aromatic amines is 1. The van der Waals surface area contributed by atoms with Gasteiger partial charge in [-0.1, -0.05) is 32.0 Å². The van der Waals surface area contributed by atoms with Gasteiger partial charge in [0.1, 0.15) is 12.3 Å². The van der Waals surface area contributed by atoms with E-state index in [1.165, 1.54) is 27.4 Å². The highest BCUT2D eigenvalue weighted by Crippen LogP contribution is 2.34. The molecule has 2 amide bonds. The number of aromatic nitrogens is 1. The second-order valence-corrected chi connectivity index (χ2v) is 9.88. The fraction of sp³-hybridized carbons (Fsp3) is 0.333. The first-order valence-corrected chi connectivity index (χ1v) is 12.7. The third-order valence-corrected chi connectivity index (χ3v) is 7.96. The van der Waals surface area contributed by atoms with Crippen molar-refractivity contribution in [3.05, 3.63) is 54.2 Å². The van der Waals surface area contributed by atoms with Gasteiger partial charge in [0.05, 0.1) is 10.6 Å². The first-order valence-electron chi connectivity index (χ1n) is 11.2. The van der Waals surface area contributed by atoms with Crippen molar-refractivity contribution in [2.75, 3.05) is 37.7 Å². The number of carbonyl (C=O) groups excluding carboxylic acids is 2. The molecule has 0 saturated heterocycles. The fourth-order valence-electron chi connectivity index (χ4n) is 4.10. The number of hydrogen-bond acceptors (Lipinski definition) is 5. The van der Waals surface area contributed by atoms with Crippen LogP contribution in [0.15, 0.2) is 53.6 Å². The molecule has 4 rings (SSSR count). The summed E-state index contributed by atoms with van der Waals surface area (Å²) in [5.41, 5.74) is 2.40. The number of sulfonamides is 1. The summed E-state index contributed by atoms with van der Waals surface area (Å²) >= 11 is 0. The van der Waals surface area contributed by atoms with E-state index in [-0.39, 0.29) is 29.6 Å². The van der Waals surface area contributed by atoms with Crippen LogP contribution in [0.25, 0.3) is 10.9 Å². The Kier molecular flexibility index (Phi) is 6.90. The van der Waals surface area contributed by atoms with E-state index >= 15 is 0 Å². The lowest BCUT2D eigenvalue weighted by Crippen LogP contribution is -2.45. The highest BCUT2D eigenvalue weighted by atomic mass is 32.2. The summed E-state index contributed by atoms with van der Waals surface area (Å²) in [4.78, 5) is 29.8. The van der Waals surface area contributed by atoms with Crippen LogP contribution < -0.4 is 15.0 Å². The highest BCUT2D eigenvalue weighted by Gasteiger charge is 2.30. The van der Waals surface area contributed by atoms with E-state index in [9.17, 15) is 18.0 Å². The molecule has 1 aliphatic heterocycles. The van der Waals surface area contributed by atoms with E-state index in [0.717, 1.165) is 16.5 Å². The molecule has 2 heterocycles. The monoisotopic (exact) mass is 484 g/mol. The van der Waals surface area contributed by atoms with Crippen molar-refractivity contribution in [2.24, 2.45) is 0 Å². The normalized spacial score (nSPS) is 13.7. The van der Waals surface area contributed by atoms with E-state index in [1.54, 1.807) is 13.8 Å². The Balaban J connectivity index is 1.47. The van der Waals surface area contributed by atoms with Crippen LogP contribution in [-0.4, -0.2) is 62.3 Å². The Morgan fingerprint density at radius 2 is 1.94 bits per heavy atom. The number of H-pyrrole nitrogens is 1. The first kappa shape index (κ1) is 23.8. The minimum Gasteiger partial charge on any atom is -0.482 e. The lowest BCUT2D eigenvalue weighted by atomic mass is 10.1. The van der Waals surface area contributed by atoms with Crippen molar-refractivity contribution in [1.82, 2.24) is 14.6 Å². The molecule has 0 unspecified atom stereocenters. The van der Waals surface area contributed by atoms with Crippen molar-refractivity contribution in [2.45, 2.75) is 25.2 Å². The fourth-order valence-corrected chi connectivity index (χ4v) is 5.58. The quantitative estimate of drug-likeness (QED) is 0.484. The summed E-state index contributed by atoms with van der Waals surface area (Å²) < 4.78 is 32.7. The maximum atomic E-state index is 12.9. The Morgan fingerprint density at radius 1 is 1.18 bits per heavy atom. The molecular formula is C24H28N4O5S. The number of benzene rings is 2. The van der Waals surface area contributed by atoms with Gasteiger partial charge in [0.25, 0.3) is 5.91 Å². The third-order valence-electron chi connectivity index (χ3n) is 5.91. The van der Waals surface area contributed by atoms with Gasteiger partial charge in [0.15, 0.2) is 6.61 Å². The zero-order valence-electron chi connectivity index (χ0n) is 19.2. The minimum atomic E-state index is -3.73. The minimum absolute atomic E-state index is 0.0537. The SMILES string of the molecule is CCN(CC)S(=O)(=O)c1ccc2c(c1)N(CC(=O)NCCc1c[nH]c3ccccc13)C(=O)CO2. The molecule has 2 N–H and O–H groups in total. The first-order chi connectivity index (χ1) is 16.3. The van der Waals surface area contributed by atoms with Gasteiger partial charge < -0.3 is 15.0 Å². The van der Waals surface area contributed by atoms with E-state index in [0.29, 0.717) is 31.8 Å². The number of hydrogen-bond donors (Lipinski definition) is 2. The lowest BCUT2D eigenvalue weighted by Gasteiger charge is -2.29. The molecule has 3 aromatic rings. The van der Waals surface area contributed by atoms with Crippen LogP contribution in [0.3, 0.4) is 0 Å². The van der Waals surface area contributed by atoms with Gasteiger partial charge in [-0.25, -0.2) is 8.42 Å². The number of ether oxygens (including phenoxy) is 1. The van der Waals surface area contributed by atoms with E-state index in [1.807, 2.05) is 30.5 Å². The Bertz CT molecular complexity index is 1310. The van der Waals surface area contributed by atoms with Crippen molar-refractivity contribution in [1.29, 1.82) is 0 Å². The van der Waals surface area contributed by atoms with Crippen molar-refractivity contribution in [3.63, 3.8) is 0 Å². The second kappa shape index (κ2) is 9.86. The Hall–Kier alpha value is -3.37. The maximum Gasteiger partial charge on any atom is 0.265 e. The summed E-state index contributed by atoms with van der Waals surface area (Å²) in [6.07, 6.45) is 2.56. The zero-order chi connectivity index (χ0) is 24.3. The molecule has 2 aromatic carbocycles. The molecule has 0 radical (unpaired) electrons. The van der Waals surface area contributed by atoms with Crippen molar-refractivity contribution < 1.29 is 22.7 Å². The number of para-hydroxylation sites is 1. The molecule has 0 spiro atoms. The average Bonchev–Trinajstić information content (AvgIpc) is 3.24. The Labute approximate surface area is 198 Å². The van der Waals surface area contributed by atoms with Crippen LogP contribution in [0, 0.1) is 0 Å². The summed E-state index contributed by atoms with van der Waals surface area (Å²) in [6, 6.07) is 12.3. The molecule has 34 heavy (non-hydrogen) atoms. The molecule has 1 aliphatic rings. The van der Waals surface area contributed by atoms with Crippen molar-refractivity contribution >= 4 is 38.4 Å². The topological polar surface area (TPSA) is 112 Å². The number of carbonyl (C=O) groups is 2. The van der Waals surface area contributed by atoms with E-state index in [2.05, 4.69) is 10.3 Å². The summed E-state index contributed by atoms with van der Waals surface area (Å²) in [5.74, 6) is -0.376. The van der Waals surface area contributed by atoms with Gasteiger partial charge >= 0.3 is 0 Å². The maximum absolute atomic E-state index is 12.9. The van der Waals surface area contributed by atoms with E-state index < -0.39 is 15.9 Å². The number of fused-ring (bicyclic) bond motifs is 2. The number of rotatable bonds is 9. The number of nitrogens with one attached hydrogen (secondary N) is 2. The number of amides is 2. The number of nitrogens with zero attached hydrogens (tertiary/aromatic N) is 2. The largest absolute Gasteiger partial charge is 0.482 e. The lowest BCUT2D eigenvalue weighted by molar-refractivity contribution is -0.125. The highest BCUT2D eigenvalue weighted by molar-refractivity contribution is 7.89. The molecule has 0 atom stereocenters. The van der Waals surface area contributed by atoms with E-state index in [4.69, 9.17) is 4.74 Å². The molecule has 1 aromatic heterocycles. The second-order valence-electron chi connectivity index (χ2n) is 7.95. The smallest absolute Gasteiger partial charge is 0.265 e.